The summed E-state index contributed by atoms with van der Waals surface area (Å²) in [6, 6.07) is 15.3. The highest BCUT2D eigenvalue weighted by Gasteiger charge is 2.14. The summed E-state index contributed by atoms with van der Waals surface area (Å²) >= 11 is 0. The Morgan fingerprint density at radius 3 is 2.11 bits per heavy atom. The maximum atomic E-state index is 11.3. The number of rotatable bonds is 3. The minimum absolute atomic E-state index is 0.375. The van der Waals surface area contributed by atoms with E-state index in [4.69, 9.17) is 0 Å². The molecule has 2 aromatic carbocycles. The predicted octanol–water partition coefficient (Wildman–Crippen LogP) is 2.75. The van der Waals surface area contributed by atoms with Gasteiger partial charge in [0.2, 0.25) is 0 Å². The summed E-state index contributed by atoms with van der Waals surface area (Å²) in [5, 5.41) is 10.6. The molecule has 0 amide bonds. The highest BCUT2D eigenvalue weighted by molar-refractivity contribution is 6.72. The molecule has 2 aromatic rings. The zero-order valence-electron chi connectivity index (χ0n) is 10.6. The molecular weight excluding hydrogens is 240 g/mol. The van der Waals surface area contributed by atoms with Crippen LogP contribution in [0.15, 0.2) is 48.5 Å². The number of carboxylic acid groups (broad SMARTS) is 1. The summed E-state index contributed by atoms with van der Waals surface area (Å²) < 4.78 is 0. The third-order valence-electron chi connectivity index (χ3n) is 3.03. The van der Waals surface area contributed by atoms with Crippen molar-refractivity contribution in [1.82, 2.24) is 0 Å². The molecule has 0 radical (unpaired) electrons. The summed E-state index contributed by atoms with van der Waals surface area (Å²) in [6.07, 6.45) is 0. The largest absolute Gasteiger partial charge is 0.478 e. The molecule has 0 heterocycles. The fourth-order valence-electron chi connectivity index (χ4n) is 2.15. The molecule has 0 spiro atoms. The van der Waals surface area contributed by atoms with Gasteiger partial charge >= 0.3 is 5.97 Å². The lowest BCUT2D eigenvalue weighted by Crippen LogP contribution is -2.25. The van der Waals surface area contributed by atoms with Crippen molar-refractivity contribution in [3.05, 3.63) is 54.1 Å². The molecule has 18 heavy (non-hydrogen) atoms. The quantitative estimate of drug-likeness (QED) is 0.857. The fraction of sp³-hybridized carbons (Fsp3) is 0.133. The Balaban J connectivity index is 2.66. The summed E-state index contributed by atoms with van der Waals surface area (Å²) in [6.45, 7) is 4.50. The van der Waals surface area contributed by atoms with Gasteiger partial charge in [0, 0.05) is 0 Å². The lowest BCUT2D eigenvalue weighted by Gasteiger charge is -2.13. The highest BCUT2D eigenvalue weighted by Crippen LogP contribution is 2.22. The third kappa shape index (κ3) is 2.36. The van der Waals surface area contributed by atoms with Gasteiger partial charge in [0.25, 0.3) is 0 Å². The van der Waals surface area contributed by atoms with Crippen LogP contribution in [0.4, 0.5) is 0 Å². The molecule has 0 aliphatic heterocycles. The topological polar surface area (TPSA) is 37.3 Å². The van der Waals surface area contributed by atoms with Crippen LogP contribution < -0.4 is 5.19 Å². The molecule has 0 unspecified atom stereocenters. The molecule has 0 aromatic heterocycles. The molecule has 0 bridgehead atoms. The molecular formula is C15H16O2Si. The Hall–Kier alpha value is -1.87. The summed E-state index contributed by atoms with van der Waals surface area (Å²) in [5.74, 6) is -0.870. The van der Waals surface area contributed by atoms with E-state index in [2.05, 4.69) is 19.2 Å². The van der Waals surface area contributed by atoms with Gasteiger partial charge < -0.3 is 5.11 Å². The average molecular weight is 256 g/mol. The van der Waals surface area contributed by atoms with Crippen molar-refractivity contribution in [2.75, 3.05) is 0 Å². The molecule has 2 rings (SSSR count). The van der Waals surface area contributed by atoms with Gasteiger partial charge in [-0.15, -0.1) is 0 Å². The smallest absolute Gasteiger partial charge is 0.336 e. The molecule has 1 N–H and O–H groups in total. The van der Waals surface area contributed by atoms with E-state index in [0.717, 1.165) is 11.1 Å². The van der Waals surface area contributed by atoms with Gasteiger partial charge in [0.1, 0.15) is 0 Å². The second-order valence-corrected chi connectivity index (χ2v) is 7.52. The normalized spacial score (nSPS) is 10.6. The van der Waals surface area contributed by atoms with Crippen LogP contribution in [0, 0.1) is 0 Å². The molecule has 0 aliphatic rings. The first kappa shape index (κ1) is 12.6. The minimum Gasteiger partial charge on any atom is -0.478 e. The third-order valence-corrected chi connectivity index (χ3v) is 4.78. The van der Waals surface area contributed by atoms with Crippen molar-refractivity contribution < 1.29 is 9.90 Å². The standard InChI is InChI=1S/C15H16O2Si/c1-18(2)14-10-6-5-8-12(14)11-7-3-4-9-13(11)15(16)17/h3-10,18H,1-2H3,(H,16,17). The van der Waals surface area contributed by atoms with Crippen molar-refractivity contribution in [3.8, 4) is 11.1 Å². The first-order valence-electron chi connectivity index (χ1n) is 6.03. The second kappa shape index (κ2) is 5.19. The van der Waals surface area contributed by atoms with Gasteiger partial charge in [-0.2, -0.15) is 0 Å². The number of hydrogen-bond acceptors (Lipinski definition) is 1. The first-order valence-corrected chi connectivity index (χ1v) is 8.91. The maximum absolute atomic E-state index is 11.3. The Labute approximate surface area is 109 Å². The van der Waals surface area contributed by atoms with E-state index in [0.29, 0.717) is 5.56 Å². The van der Waals surface area contributed by atoms with Gasteiger partial charge in [0.15, 0.2) is 0 Å². The van der Waals surface area contributed by atoms with Crippen LogP contribution >= 0.6 is 0 Å². The molecule has 0 aliphatic carbocycles. The van der Waals surface area contributed by atoms with Crippen molar-refractivity contribution in [1.29, 1.82) is 0 Å². The first-order chi connectivity index (χ1) is 8.61. The molecule has 92 valence electrons. The zero-order chi connectivity index (χ0) is 13.1. The summed E-state index contributed by atoms with van der Waals surface area (Å²) in [7, 11) is -0.983. The van der Waals surface area contributed by atoms with Crippen LogP contribution in [0.2, 0.25) is 13.1 Å². The van der Waals surface area contributed by atoms with Gasteiger partial charge in [-0.3, -0.25) is 0 Å². The van der Waals surface area contributed by atoms with Crippen molar-refractivity contribution in [2.24, 2.45) is 0 Å². The molecule has 0 saturated heterocycles. The number of aromatic carboxylic acids is 1. The van der Waals surface area contributed by atoms with E-state index in [1.54, 1.807) is 12.1 Å². The van der Waals surface area contributed by atoms with Gasteiger partial charge in [0.05, 0.1) is 14.4 Å². The number of hydrogen-bond donors (Lipinski definition) is 1. The summed E-state index contributed by atoms with van der Waals surface area (Å²) in [5.41, 5.74) is 2.26. The highest BCUT2D eigenvalue weighted by atomic mass is 28.3. The van der Waals surface area contributed by atoms with Crippen LogP contribution in [-0.4, -0.2) is 19.9 Å². The Bertz CT molecular complexity index is 576. The molecule has 3 heteroatoms. The van der Waals surface area contributed by atoms with Crippen LogP contribution in [0.3, 0.4) is 0 Å². The summed E-state index contributed by atoms with van der Waals surface area (Å²) in [4.78, 5) is 11.3. The molecule has 0 saturated carbocycles. The number of carbonyl (C=O) groups is 1. The van der Waals surface area contributed by atoms with Crippen LogP contribution in [0.5, 0.6) is 0 Å². The van der Waals surface area contributed by atoms with Crippen molar-refractivity contribution in [3.63, 3.8) is 0 Å². The zero-order valence-corrected chi connectivity index (χ0v) is 11.7. The fourth-order valence-corrected chi connectivity index (χ4v) is 3.52. The Kier molecular flexibility index (Phi) is 3.62. The van der Waals surface area contributed by atoms with E-state index < -0.39 is 14.8 Å². The number of carboxylic acids is 1. The van der Waals surface area contributed by atoms with Crippen LogP contribution in [-0.2, 0) is 0 Å². The number of benzene rings is 2. The molecule has 0 atom stereocenters. The average Bonchev–Trinajstić information content (AvgIpc) is 2.38. The van der Waals surface area contributed by atoms with Crippen molar-refractivity contribution >= 4 is 20.0 Å². The van der Waals surface area contributed by atoms with E-state index in [9.17, 15) is 9.90 Å². The van der Waals surface area contributed by atoms with Gasteiger partial charge in [-0.05, 0) is 17.2 Å². The lowest BCUT2D eigenvalue weighted by molar-refractivity contribution is 0.0698. The lowest BCUT2D eigenvalue weighted by atomic mass is 10.00. The molecule has 0 fully saturated rings. The Morgan fingerprint density at radius 1 is 0.944 bits per heavy atom. The van der Waals surface area contributed by atoms with E-state index in [-0.39, 0.29) is 0 Å². The minimum atomic E-state index is -0.983. The van der Waals surface area contributed by atoms with E-state index >= 15 is 0 Å². The monoisotopic (exact) mass is 256 g/mol. The predicted molar refractivity (Wildman–Crippen MR) is 77.3 cm³/mol. The molecule has 2 nitrogen and oxygen atoms in total. The Morgan fingerprint density at radius 2 is 1.50 bits per heavy atom. The van der Waals surface area contributed by atoms with Gasteiger partial charge in [-0.25, -0.2) is 4.79 Å². The van der Waals surface area contributed by atoms with E-state index in [1.807, 2.05) is 30.3 Å². The van der Waals surface area contributed by atoms with Crippen molar-refractivity contribution in [2.45, 2.75) is 13.1 Å². The van der Waals surface area contributed by atoms with E-state index in [1.165, 1.54) is 5.19 Å². The SMILES string of the molecule is C[SiH](C)c1ccccc1-c1ccccc1C(=O)O. The van der Waals surface area contributed by atoms with Crippen LogP contribution in [0.25, 0.3) is 11.1 Å². The second-order valence-electron chi connectivity index (χ2n) is 4.59. The maximum Gasteiger partial charge on any atom is 0.336 e. The van der Waals surface area contributed by atoms with Crippen LogP contribution in [0.1, 0.15) is 10.4 Å². The van der Waals surface area contributed by atoms with Gasteiger partial charge in [-0.1, -0.05) is 60.7 Å².